The molecule has 0 saturated heterocycles. The number of methoxy groups -OCH3 is 1. The van der Waals surface area contributed by atoms with Crippen molar-refractivity contribution >= 4 is 88.6 Å². The molecule has 25 nitrogen and oxygen atoms in total. The van der Waals surface area contributed by atoms with Crippen LogP contribution in [-0.4, -0.2) is 96.3 Å². The standard InChI is InChI=1S/C23H21F3O5.C23H24O6.C22H21NO7.C20H18FNO5S/c1-3-8-29-16-11-19(30-9-4-2)17-13-18(22(28)31-20(17)12-16)21(27)14-6-5-7-15(10-14)23(24,25)26;1-4-10-27-17-12-20(28-11-5-2)18-14-19(23(25)29-21(18)13-17)22(24)15-6-8-16(26-3)9-7-15;1-3-9-28-16-11-19(29-10-4-2)17-13-18(22(25)30-20(17)12-16)21(24)14-5-7-15(8-6-14)23(26)27;1-3-22(4-2)15-9-8-13-11-17(20(24)27-18(13)12-15)19(23)14-6-5-7-16(10-14)28(21,25)26/h5-7,10-13H,3-4,8-9H2,1-2H3;6-9,12-14H,4-5,10-11H2,1-3H3;5-8,11-13H,3-4,9-10H2,1-2H3;5-12H,3-4H2,1-2H3. The number of nitro groups is 1. The number of rotatable bonds is 32. The molecule has 0 spiro atoms. The first-order valence-corrected chi connectivity index (χ1v) is 39.1. The lowest BCUT2D eigenvalue weighted by molar-refractivity contribution is -0.384. The Morgan fingerprint density at radius 3 is 1.15 bits per heavy atom. The van der Waals surface area contributed by atoms with E-state index in [2.05, 4.69) is 4.90 Å². The summed E-state index contributed by atoms with van der Waals surface area (Å²) in [6, 6.07) is 40.8. The predicted molar refractivity (Wildman–Crippen MR) is 434 cm³/mol. The minimum atomic E-state index is -4.96. The first kappa shape index (κ1) is 88.7. The van der Waals surface area contributed by atoms with Gasteiger partial charge < -0.3 is 55.7 Å². The monoisotopic (exact) mass is 1640 g/mol. The third-order valence-electron chi connectivity index (χ3n) is 17.5. The van der Waals surface area contributed by atoms with E-state index in [4.69, 9.17) is 50.8 Å². The van der Waals surface area contributed by atoms with Crippen molar-refractivity contribution in [2.24, 2.45) is 0 Å². The number of ketones is 4. The maximum absolute atomic E-state index is 13.2. The van der Waals surface area contributed by atoms with Gasteiger partial charge in [0.25, 0.3) is 5.69 Å². The fourth-order valence-corrected chi connectivity index (χ4v) is 12.1. The third-order valence-corrected chi connectivity index (χ3v) is 18.3. The molecule has 0 radical (unpaired) electrons. The molecule has 8 aromatic carbocycles. The normalized spacial score (nSPS) is 11.1. The van der Waals surface area contributed by atoms with Crippen LogP contribution in [0.1, 0.15) is 163 Å². The van der Waals surface area contributed by atoms with E-state index in [9.17, 15) is 73.9 Å². The molecule has 0 amide bonds. The molecule has 0 aliphatic carbocycles. The molecule has 0 saturated carbocycles. The second-order valence-electron chi connectivity index (χ2n) is 26.2. The molecule has 4 aromatic heterocycles. The zero-order valence-corrected chi connectivity index (χ0v) is 66.7. The molecule has 4 heterocycles. The van der Waals surface area contributed by atoms with E-state index in [1.165, 1.54) is 72.8 Å². The molecule has 30 heteroatoms. The van der Waals surface area contributed by atoms with Crippen LogP contribution in [0.3, 0.4) is 0 Å². The van der Waals surface area contributed by atoms with Crippen molar-refractivity contribution in [1.82, 2.24) is 0 Å². The fourth-order valence-electron chi connectivity index (χ4n) is 11.6. The maximum atomic E-state index is 13.2. The van der Waals surface area contributed by atoms with Gasteiger partial charge in [0.2, 0.25) is 0 Å². The molecule has 0 aliphatic heterocycles. The van der Waals surface area contributed by atoms with Gasteiger partial charge in [-0.3, -0.25) is 29.3 Å². The molecule has 118 heavy (non-hydrogen) atoms. The van der Waals surface area contributed by atoms with E-state index in [1.807, 2.05) is 61.5 Å². The Kier molecular flexibility index (Phi) is 30.7. The Hall–Kier alpha value is -13.3. The molecule has 0 fully saturated rings. The number of benzene rings is 8. The van der Waals surface area contributed by atoms with Gasteiger partial charge in [0, 0.05) is 101 Å². The van der Waals surface area contributed by atoms with Crippen LogP contribution in [0.4, 0.5) is 28.4 Å². The Bertz CT molecular complexity index is 6010. The van der Waals surface area contributed by atoms with E-state index in [-0.39, 0.29) is 55.8 Å². The number of carbonyl (C=O) groups is 4. The van der Waals surface area contributed by atoms with Gasteiger partial charge in [0.05, 0.1) is 78.3 Å². The molecule has 618 valence electrons. The number of fused-ring (bicyclic) bond motifs is 4. The van der Waals surface area contributed by atoms with Crippen LogP contribution < -0.4 is 60.6 Å². The Morgan fingerprint density at radius 2 is 0.780 bits per heavy atom. The molecule has 0 unspecified atom stereocenters. The van der Waals surface area contributed by atoms with Crippen LogP contribution >= 0.6 is 0 Å². The number of nitro benzene ring substituents is 1. The Labute approximate surface area is 673 Å². The van der Waals surface area contributed by atoms with Crippen LogP contribution in [0, 0.1) is 10.1 Å². The topological polar surface area (TPSA) is 334 Å². The number of alkyl halides is 3. The van der Waals surface area contributed by atoms with Gasteiger partial charge in [-0.05, 0) is 149 Å². The quantitative estimate of drug-likeness (QED) is 0.00944. The second-order valence-corrected chi connectivity index (χ2v) is 27.5. The number of nitrogens with zero attached hydrogens (tertiary/aromatic N) is 2. The Balaban J connectivity index is 0.000000179. The highest BCUT2D eigenvalue weighted by atomic mass is 32.3. The summed E-state index contributed by atoms with van der Waals surface area (Å²) in [5.41, 5.74) is -3.21. The second kappa shape index (κ2) is 40.8. The van der Waals surface area contributed by atoms with Crippen molar-refractivity contribution in [2.45, 2.75) is 105 Å². The van der Waals surface area contributed by atoms with E-state index < -0.39 is 77.4 Å². The van der Waals surface area contributed by atoms with E-state index in [0.717, 1.165) is 75.1 Å². The van der Waals surface area contributed by atoms with Crippen molar-refractivity contribution in [3.8, 4) is 40.2 Å². The first-order valence-electron chi connectivity index (χ1n) is 37.7. The molecular formula is C88H84F4N2O23S. The fraction of sp³-hybridized carbons (Fsp3) is 0.273. The number of anilines is 1. The highest BCUT2D eigenvalue weighted by Gasteiger charge is 2.32. The van der Waals surface area contributed by atoms with Gasteiger partial charge in [-0.2, -0.15) is 21.6 Å². The summed E-state index contributed by atoms with van der Waals surface area (Å²) in [4.78, 5) is 113. The lowest BCUT2D eigenvalue weighted by atomic mass is 10.0. The van der Waals surface area contributed by atoms with Crippen molar-refractivity contribution in [3.63, 3.8) is 0 Å². The smallest absolute Gasteiger partial charge is 0.416 e. The van der Waals surface area contributed by atoms with Crippen LogP contribution in [0.2, 0.25) is 0 Å². The average Bonchev–Trinajstić information content (AvgIpc) is 0.790. The van der Waals surface area contributed by atoms with Crippen molar-refractivity contribution in [2.75, 3.05) is 64.7 Å². The van der Waals surface area contributed by atoms with Crippen LogP contribution in [0.5, 0.6) is 40.2 Å². The maximum Gasteiger partial charge on any atom is 0.416 e. The highest BCUT2D eigenvalue weighted by Crippen LogP contribution is 2.37. The number of carbonyl (C=O) groups excluding carboxylic acids is 4. The summed E-state index contributed by atoms with van der Waals surface area (Å²) in [7, 11) is -3.42. The largest absolute Gasteiger partial charge is 0.497 e. The van der Waals surface area contributed by atoms with Gasteiger partial charge in [0.1, 0.15) is 84.8 Å². The van der Waals surface area contributed by atoms with E-state index in [1.54, 1.807) is 73.8 Å². The minimum absolute atomic E-state index is 0.0498. The number of non-ortho nitro benzene ring substituents is 1. The third kappa shape index (κ3) is 22.4. The average molecular weight is 1650 g/mol. The van der Waals surface area contributed by atoms with Crippen LogP contribution in [-0.2, 0) is 16.4 Å². The molecule has 12 rings (SSSR count). The molecule has 0 aliphatic rings. The molecule has 0 atom stereocenters. The van der Waals surface area contributed by atoms with Crippen molar-refractivity contribution in [3.05, 3.63) is 278 Å². The van der Waals surface area contributed by atoms with Gasteiger partial charge in [-0.1, -0.05) is 65.8 Å². The molecule has 12 aromatic rings. The number of ether oxygens (including phenoxy) is 7. The molecular weight excluding hydrogens is 1560 g/mol. The summed E-state index contributed by atoms with van der Waals surface area (Å²) in [5, 5.41) is 12.7. The predicted octanol–water partition coefficient (Wildman–Crippen LogP) is 18.3. The van der Waals surface area contributed by atoms with Crippen LogP contribution in [0.25, 0.3) is 43.9 Å². The summed E-state index contributed by atoms with van der Waals surface area (Å²) < 4.78 is 135. The number of hydrogen-bond donors (Lipinski definition) is 0. The summed E-state index contributed by atoms with van der Waals surface area (Å²) in [6.07, 6.45) is 0.132. The zero-order chi connectivity index (χ0) is 85.5. The van der Waals surface area contributed by atoms with Crippen molar-refractivity contribution in [1.29, 1.82) is 0 Å². The van der Waals surface area contributed by atoms with Gasteiger partial charge >= 0.3 is 38.9 Å². The van der Waals surface area contributed by atoms with Gasteiger partial charge in [-0.15, -0.1) is 3.89 Å². The minimum Gasteiger partial charge on any atom is -0.497 e. The van der Waals surface area contributed by atoms with Gasteiger partial charge in [0.15, 0.2) is 23.1 Å². The van der Waals surface area contributed by atoms with Crippen molar-refractivity contribution < 1.29 is 100 Å². The lowest BCUT2D eigenvalue weighted by Crippen LogP contribution is -2.21. The first-order chi connectivity index (χ1) is 56.5. The van der Waals surface area contributed by atoms with E-state index in [0.29, 0.717) is 131 Å². The summed E-state index contributed by atoms with van der Waals surface area (Å²) in [5.74, 6) is 0.837. The van der Waals surface area contributed by atoms with Crippen LogP contribution in [0.15, 0.2) is 218 Å². The SMILES string of the molecule is CCCOc1cc(OCCC)c2cc(C(=O)c3ccc(OC)cc3)c(=O)oc2c1.CCCOc1cc(OCCC)c2cc(C(=O)c3ccc([N+](=O)[O-])cc3)c(=O)oc2c1.CCCOc1cc(OCCC)c2cc(C(=O)c3cccc(C(F)(F)F)c3)c(=O)oc2c1.CCN(CC)c1ccc2cc(C(=O)c3cccc(S(=O)(=O)F)c3)c(=O)oc2c1. The Morgan fingerprint density at radius 1 is 0.415 bits per heavy atom. The highest BCUT2D eigenvalue weighted by molar-refractivity contribution is 7.86. The number of halogens is 4. The molecule has 0 bridgehead atoms. The molecule has 0 N–H and O–H groups in total. The van der Waals surface area contributed by atoms with Gasteiger partial charge in [-0.25, -0.2) is 19.2 Å². The summed E-state index contributed by atoms with van der Waals surface area (Å²) >= 11 is 0. The summed E-state index contributed by atoms with van der Waals surface area (Å²) in [6.45, 7) is 20.2. The number of hydrogen-bond acceptors (Lipinski definition) is 24. The van der Waals surface area contributed by atoms with E-state index >= 15 is 0 Å². The lowest BCUT2D eigenvalue weighted by Gasteiger charge is -2.20. The zero-order valence-electron chi connectivity index (χ0n) is 65.8.